The lowest BCUT2D eigenvalue weighted by molar-refractivity contribution is -0.148. The Bertz CT molecular complexity index is 394. The van der Waals surface area contributed by atoms with Crippen LogP contribution in [0.3, 0.4) is 0 Å². The highest BCUT2D eigenvalue weighted by atomic mass is 16.5. The molecule has 0 spiro atoms. The Balaban J connectivity index is 2.72. The van der Waals surface area contributed by atoms with Crippen molar-refractivity contribution in [1.82, 2.24) is 5.32 Å². The average molecular weight is 299 g/mol. The van der Waals surface area contributed by atoms with Crippen LogP contribution < -0.4 is 5.32 Å². The summed E-state index contributed by atoms with van der Waals surface area (Å²) in [6.45, 7) is 3.79. The van der Waals surface area contributed by atoms with Gasteiger partial charge in [-0.3, -0.25) is 9.59 Å². The molecule has 1 aliphatic carbocycles. The molecule has 1 fully saturated rings. The molecule has 6 nitrogen and oxygen atoms in total. The van der Waals surface area contributed by atoms with E-state index in [1.807, 2.05) is 13.8 Å². The summed E-state index contributed by atoms with van der Waals surface area (Å²) in [5.74, 6) is -1.15. The van der Waals surface area contributed by atoms with E-state index >= 15 is 0 Å². The third-order valence-corrected chi connectivity index (χ3v) is 3.74. The van der Waals surface area contributed by atoms with Gasteiger partial charge < -0.3 is 15.2 Å². The van der Waals surface area contributed by atoms with Crippen molar-refractivity contribution in [2.45, 2.75) is 58.1 Å². The molecule has 0 unspecified atom stereocenters. The van der Waals surface area contributed by atoms with Gasteiger partial charge in [-0.2, -0.15) is 0 Å². The zero-order chi connectivity index (χ0) is 16.0. The molecule has 120 valence electrons. The number of rotatable bonds is 6. The molecule has 0 saturated heterocycles. The van der Waals surface area contributed by atoms with Gasteiger partial charge in [0.05, 0.1) is 7.11 Å². The molecular formula is C15H25NO5. The third-order valence-electron chi connectivity index (χ3n) is 3.74. The van der Waals surface area contributed by atoms with Crippen molar-refractivity contribution < 1.29 is 24.2 Å². The first-order chi connectivity index (χ1) is 9.85. The van der Waals surface area contributed by atoms with E-state index in [1.165, 1.54) is 7.11 Å². The predicted molar refractivity (Wildman–Crippen MR) is 76.4 cm³/mol. The number of esters is 1. The maximum Gasteiger partial charge on any atom is 0.328 e. The van der Waals surface area contributed by atoms with Crippen LogP contribution in [-0.2, 0) is 19.1 Å². The maximum atomic E-state index is 12.0. The van der Waals surface area contributed by atoms with Gasteiger partial charge in [0.25, 0.3) is 0 Å². The molecule has 1 saturated carbocycles. The number of amides is 1. The zero-order valence-corrected chi connectivity index (χ0v) is 12.9. The Labute approximate surface area is 125 Å². The number of aliphatic hydroxyl groups is 1. The number of hydrogen-bond donors (Lipinski definition) is 2. The lowest BCUT2D eigenvalue weighted by Crippen LogP contribution is -2.51. The van der Waals surface area contributed by atoms with Crippen molar-refractivity contribution in [2.24, 2.45) is 11.8 Å². The Kier molecular flexibility index (Phi) is 6.81. The molecular weight excluding hydrogens is 274 g/mol. The highest BCUT2D eigenvalue weighted by Gasteiger charge is 2.35. The summed E-state index contributed by atoms with van der Waals surface area (Å²) in [7, 11) is 1.25. The Hall–Kier alpha value is -1.43. The summed E-state index contributed by atoms with van der Waals surface area (Å²) in [5, 5.41) is 12.4. The predicted octanol–water partition coefficient (Wildman–Crippen LogP) is 0.810. The Morgan fingerprint density at radius 1 is 1.43 bits per heavy atom. The maximum absolute atomic E-state index is 12.0. The molecule has 0 aromatic heterocycles. The van der Waals surface area contributed by atoms with Crippen molar-refractivity contribution in [2.75, 3.05) is 7.11 Å². The molecule has 0 aliphatic heterocycles. The van der Waals surface area contributed by atoms with Crippen LogP contribution in [0.4, 0.5) is 0 Å². The standard InChI is InChI=1S/C15H25NO5/c1-9(2)7-12(18)14(19)16-13(15(20)21-3)10-5-4-6-11(17)8-10/h9-10,12-13,18H,4-8H2,1-3H3,(H,16,19)/t10-,12+,13-/m0/s1. The summed E-state index contributed by atoms with van der Waals surface area (Å²) in [6, 6.07) is -0.867. The van der Waals surface area contributed by atoms with Crippen LogP contribution >= 0.6 is 0 Å². The number of ketones is 1. The Morgan fingerprint density at radius 3 is 2.62 bits per heavy atom. The van der Waals surface area contributed by atoms with E-state index in [0.717, 1.165) is 0 Å². The SMILES string of the molecule is COC(=O)[C@@H](NC(=O)[C@H](O)CC(C)C)[C@H]1CCCC(=O)C1. The monoisotopic (exact) mass is 299 g/mol. The van der Waals surface area contributed by atoms with E-state index in [9.17, 15) is 19.5 Å². The van der Waals surface area contributed by atoms with Gasteiger partial charge >= 0.3 is 5.97 Å². The molecule has 0 aromatic rings. The minimum Gasteiger partial charge on any atom is -0.467 e. The van der Waals surface area contributed by atoms with Crippen molar-refractivity contribution in [1.29, 1.82) is 0 Å². The fraction of sp³-hybridized carbons (Fsp3) is 0.800. The van der Waals surface area contributed by atoms with Gasteiger partial charge in [-0.25, -0.2) is 4.79 Å². The largest absolute Gasteiger partial charge is 0.467 e. The first-order valence-corrected chi connectivity index (χ1v) is 7.43. The first kappa shape index (κ1) is 17.6. The topological polar surface area (TPSA) is 92.7 Å². The van der Waals surface area contributed by atoms with Crippen molar-refractivity contribution >= 4 is 17.7 Å². The molecule has 1 rings (SSSR count). The molecule has 21 heavy (non-hydrogen) atoms. The number of carbonyl (C=O) groups is 3. The van der Waals surface area contributed by atoms with E-state index in [4.69, 9.17) is 4.74 Å². The molecule has 3 atom stereocenters. The second-order valence-corrected chi connectivity index (χ2v) is 6.05. The van der Waals surface area contributed by atoms with E-state index in [-0.39, 0.29) is 24.0 Å². The smallest absolute Gasteiger partial charge is 0.328 e. The van der Waals surface area contributed by atoms with Gasteiger partial charge in [-0.05, 0) is 31.1 Å². The fourth-order valence-corrected chi connectivity index (χ4v) is 2.64. The lowest BCUT2D eigenvalue weighted by Gasteiger charge is -2.29. The Morgan fingerprint density at radius 2 is 2.10 bits per heavy atom. The molecule has 0 radical (unpaired) electrons. The second-order valence-electron chi connectivity index (χ2n) is 6.05. The van der Waals surface area contributed by atoms with E-state index in [2.05, 4.69) is 5.32 Å². The molecule has 0 aromatic carbocycles. The minimum atomic E-state index is -1.16. The first-order valence-electron chi connectivity index (χ1n) is 7.43. The number of hydrogen-bond acceptors (Lipinski definition) is 5. The lowest BCUT2D eigenvalue weighted by atomic mass is 9.83. The molecule has 0 heterocycles. The van der Waals surface area contributed by atoms with E-state index < -0.39 is 24.0 Å². The van der Waals surface area contributed by atoms with Crippen molar-refractivity contribution in [3.05, 3.63) is 0 Å². The number of carbonyl (C=O) groups excluding carboxylic acids is 3. The van der Waals surface area contributed by atoms with Crippen LogP contribution in [-0.4, -0.2) is 42.0 Å². The molecule has 0 bridgehead atoms. The van der Waals surface area contributed by atoms with Gasteiger partial charge in [0.2, 0.25) is 5.91 Å². The van der Waals surface area contributed by atoms with Gasteiger partial charge in [0.1, 0.15) is 17.9 Å². The van der Waals surface area contributed by atoms with Crippen molar-refractivity contribution in [3.8, 4) is 0 Å². The summed E-state index contributed by atoms with van der Waals surface area (Å²) in [4.78, 5) is 35.4. The van der Waals surface area contributed by atoms with Crippen LogP contribution in [0.5, 0.6) is 0 Å². The van der Waals surface area contributed by atoms with Gasteiger partial charge in [-0.1, -0.05) is 13.8 Å². The zero-order valence-electron chi connectivity index (χ0n) is 12.9. The van der Waals surface area contributed by atoms with Crippen LogP contribution in [0.1, 0.15) is 46.0 Å². The number of ether oxygens (including phenoxy) is 1. The third kappa shape index (κ3) is 5.46. The summed E-state index contributed by atoms with van der Waals surface area (Å²) >= 11 is 0. The van der Waals surface area contributed by atoms with Crippen molar-refractivity contribution in [3.63, 3.8) is 0 Å². The number of Topliss-reactive ketones (excluding diaryl/α,β-unsaturated/α-hetero) is 1. The summed E-state index contributed by atoms with van der Waals surface area (Å²) in [6.07, 6.45) is 1.35. The molecule has 6 heteroatoms. The van der Waals surface area contributed by atoms with E-state index in [1.54, 1.807) is 0 Å². The normalized spacial score (nSPS) is 21.8. The van der Waals surface area contributed by atoms with Gasteiger partial charge in [0, 0.05) is 12.8 Å². The fourth-order valence-electron chi connectivity index (χ4n) is 2.64. The highest BCUT2D eigenvalue weighted by molar-refractivity contribution is 5.88. The molecule has 1 aliphatic rings. The second kappa shape index (κ2) is 8.12. The van der Waals surface area contributed by atoms with Gasteiger partial charge in [0.15, 0.2) is 0 Å². The minimum absolute atomic E-state index is 0.0946. The van der Waals surface area contributed by atoms with E-state index in [0.29, 0.717) is 25.7 Å². The average Bonchev–Trinajstić information content (AvgIpc) is 2.42. The van der Waals surface area contributed by atoms with Crippen LogP contribution in [0.15, 0.2) is 0 Å². The highest BCUT2D eigenvalue weighted by Crippen LogP contribution is 2.25. The number of nitrogens with one attached hydrogen (secondary N) is 1. The van der Waals surface area contributed by atoms with Gasteiger partial charge in [-0.15, -0.1) is 0 Å². The van der Waals surface area contributed by atoms with Crippen LogP contribution in [0, 0.1) is 11.8 Å². The number of aliphatic hydroxyl groups excluding tert-OH is 1. The number of methoxy groups -OCH3 is 1. The van der Waals surface area contributed by atoms with Crippen LogP contribution in [0.2, 0.25) is 0 Å². The quantitative estimate of drug-likeness (QED) is 0.708. The summed E-state index contributed by atoms with van der Waals surface area (Å²) in [5.41, 5.74) is 0. The van der Waals surface area contributed by atoms with Crippen LogP contribution in [0.25, 0.3) is 0 Å². The molecule has 1 amide bonds. The summed E-state index contributed by atoms with van der Waals surface area (Å²) < 4.78 is 4.72. The molecule has 2 N–H and O–H groups in total.